The van der Waals surface area contributed by atoms with Crippen molar-refractivity contribution in [3.63, 3.8) is 0 Å². The smallest absolute Gasteiger partial charge is 0.350 e. The van der Waals surface area contributed by atoms with Gasteiger partial charge in [-0.25, -0.2) is 14.8 Å². The van der Waals surface area contributed by atoms with Crippen molar-refractivity contribution < 1.29 is 33.7 Å². The third-order valence-electron chi connectivity index (χ3n) is 7.07. The molecule has 1 N–H and O–H groups in total. The molecule has 0 saturated carbocycles. The van der Waals surface area contributed by atoms with Gasteiger partial charge in [-0.1, -0.05) is 36.1 Å². The Kier molecular flexibility index (Phi) is 8.05. The van der Waals surface area contributed by atoms with Crippen molar-refractivity contribution in [2.24, 2.45) is 0 Å². The minimum atomic E-state index is -1.13. The van der Waals surface area contributed by atoms with Gasteiger partial charge >= 0.3 is 11.9 Å². The fourth-order valence-electron chi connectivity index (χ4n) is 5.02. The van der Waals surface area contributed by atoms with E-state index in [1.54, 1.807) is 42.6 Å². The second-order valence-electron chi connectivity index (χ2n) is 9.74. The van der Waals surface area contributed by atoms with Gasteiger partial charge in [0.15, 0.2) is 22.4 Å². The Labute approximate surface area is 251 Å². The van der Waals surface area contributed by atoms with Crippen LogP contribution in [0.15, 0.2) is 54.8 Å². The number of pyridine rings is 1. The lowest BCUT2D eigenvalue weighted by Gasteiger charge is -2.23. The van der Waals surface area contributed by atoms with Gasteiger partial charge in [-0.05, 0) is 57.0 Å². The second-order valence-corrected chi connectivity index (χ2v) is 10.7. The third kappa shape index (κ3) is 5.03. The Morgan fingerprint density at radius 2 is 1.93 bits per heavy atom. The van der Waals surface area contributed by atoms with E-state index < -0.39 is 29.5 Å². The average Bonchev–Trinajstić information content (AvgIpc) is 3.63. The molecule has 222 valence electrons. The number of esters is 1. The van der Waals surface area contributed by atoms with Crippen LogP contribution in [0.3, 0.4) is 0 Å². The van der Waals surface area contributed by atoms with Crippen LogP contribution in [0.25, 0.3) is 11.4 Å². The van der Waals surface area contributed by atoms with Crippen LogP contribution >= 0.6 is 11.3 Å². The number of aliphatic hydroxyl groups excluding tert-OH is 1. The summed E-state index contributed by atoms with van der Waals surface area (Å²) in [6.07, 6.45) is 3.25. The Morgan fingerprint density at radius 1 is 1.16 bits per heavy atom. The number of methoxy groups -OCH3 is 1. The Hall–Kier alpha value is -4.97. The van der Waals surface area contributed by atoms with Crippen LogP contribution in [-0.2, 0) is 14.3 Å². The van der Waals surface area contributed by atoms with Crippen LogP contribution in [0.2, 0.25) is 0 Å². The van der Waals surface area contributed by atoms with Crippen molar-refractivity contribution in [3.05, 3.63) is 87.8 Å². The zero-order valence-corrected chi connectivity index (χ0v) is 25.2. The Bertz CT molecular complexity index is 1820. The van der Waals surface area contributed by atoms with E-state index in [1.165, 1.54) is 18.1 Å². The van der Waals surface area contributed by atoms with Gasteiger partial charge in [-0.3, -0.25) is 14.5 Å². The molecule has 0 spiro atoms. The van der Waals surface area contributed by atoms with E-state index in [1.807, 2.05) is 26.0 Å². The van der Waals surface area contributed by atoms with Crippen molar-refractivity contribution in [1.82, 2.24) is 14.4 Å². The molecule has 1 amide bonds. The quantitative estimate of drug-likeness (QED) is 0.0914. The number of hydrogen-bond donors (Lipinski definition) is 1. The molecular weight excluding hydrogens is 572 g/mol. The van der Waals surface area contributed by atoms with E-state index in [0.29, 0.717) is 40.7 Å². The highest BCUT2D eigenvalue weighted by atomic mass is 32.1. The number of aliphatic hydroxyl groups is 1. The summed E-state index contributed by atoms with van der Waals surface area (Å²) < 4.78 is 18.2. The zero-order chi connectivity index (χ0) is 31.0. The summed E-state index contributed by atoms with van der Waals surface area (Å²) in [7, 11) is 1.48. The molecule has 1 aliphatic rings. The van der Waals surface area contributed by atoms with E-state index in [-0.39, 0.29) is 27.9 Å². The number of rotatable bonds is 9. The number of thiazole rings is 1. The largest absolute Gasteiger partial charge is 0.505 e. The van der Waals surface area contributed by atoms with Gasteiger partial charge in [0.1, 0.15) is 22.8 Å². The normalized spacial score (nSPS) is 16.1. The molecule has 43 heavy (non-hydrogen) atoms. The molecule has 11 nitrogen and oxygen atoms in total. The minimum Gasteiger partial charge on any atom is -0.505 e. The number of carbonyl (C=O) groups is 3. The van der Waals surface area contributed by atoms with Crippen molar-refractivity contribution in [2.75, 3.05) is 25.2 Å². The molecule has 12 heteroatoms. The molecule has 1 fully saturated rings. The highest BCUT2D eigenvalue weighted by Gasteiger charge is 2.49. The summed E-state index contributed by atoms with van der Waals surface area (Å²) in [4.78, 5) is 50.6. The maximum atomic E-state index is 13.7. The molecule has 1 saturated heterocycles. The molecule has 4 heterocycles. The fraction of sp³-hybridized carbons (Fsp3) is 0.258. The molecule has 1 unspecified atom stereocenters. The SMILES string of the molecule is C=CCOC(=O)c1sc(N2C(=O)C(=O)C(=C(O)c3nc4c(C)cccn4c3C)C2c2ccc(OCC)c(OC)c2)nc1C. The van der Waals surface area contributed by atoms with E-state index >= 15 is 0 Å². The number of aryl methyl sites for hydroxylation is 3. The Balaban J connectivity index is 1.74. The molecule has 1 atom stereocenters. The van der Waals surface area contributed by atoms with Crippen LogP contribution in [0.5, 0.6) is 11.5 Å². The number of anilines is 1. The molecule has 4 aromatic rings. The number of imidazole rings is 1. The van der Waals surface area contributed by atoms with Crippen LogP contribution < -0.4 is 14.4 Å². The van der Waals surface area contributed by atoms with Gasteiger partial charge in [-0.2, -0.15) is 0 Å². The van der Waals surface area contributed by atoms with Crippen LogP contribution in [-0.4, -0.2) is 57.5 Å². The van der Waals surface area contributed by atoms with E-state index in [4.69, 9.17) is 14.2 Å². The maximum absolute atomic E-state index is 13.7. The summed E-state index contributed by atoms with van der Waals surface area (Å²) in [5, 5.41) is 11.8. The van der Waals surface area contributed by atoms with Crippen molar-refractivity contribution in [1.29, 1.82) is 0 Å². The number of Topliss-reactive ketones (excluding diaryl/α,β-unsaturated/α-hetero) is 1. The molecule has 1 aliphatic heterocycles. The molecule has 0 bridgehead atoms. The number of ketones is 1. The lowest BCUT2D eigenvalue weighted by Crippen LogP contribution is -2.29. The number of carbonyl (C=O) groups excluding carboxylic acids is 3. The monoisotopic (exact) mass is 602 g/mol. The van der Waals surface area contributed by atoms with Crippen molar-refractivity contribution in [2.45, 2.75) is 33.7 Å². The molecule has 5 rings (SSSR count). The van der Waals surface area contributed by atoms with Crippen LogP contribution in [0.1, 0.15) is 50.8 Å². The maximum Gasteiger partial charge on any atom is 0.350 e. The Morgan fingerprint density at radius 3 is 2.60 bits per heavy atom. The number of hydrogen-bond acceptors (Lipinski definition) is 10. The average molecular weight is 603 g/mol. The van der Waals surface area contributed by atoms with Crippen LogP contribution in [0.4, 0.5) is 5.13 Å². The highest BCUT2D eigenvalue weighted by Crippen LogP contribution is 2.45. The highest BCUT2D eigenvalue weighted by molar-refractivity contribution is 7.17. The molecular formula is C31H30N4O7S. The number of benzene rings is 1. The number of amides is 1. The summed E-state index contributed by atoms with van der Waals surface area (Å²) in [5.74, 6) is -2.07. The lowest BCUT2D eigenvalue weighted by atomic mass is 9.96. The first-order valence-corrected chi connectivity index (χ1v) is 14.3. The molecule has 1 aromatic carbocycles. The summed E-state index contributed by atoms with van der Waals surface area (Å²) >= 11 is 0.912. The first kappa shape index (κ1) is 29.5. The van der Waals surface area contributed by atoms with Crippen molar-refractivity contribution >= 4 is 45.5 Å². The van der Waals surface area contributed by atoms with Crippen molar-refractivity contribution in [3.8, 4) is 11.5 Å². The first-order valence-electron chi connectivity index (χ1n) is 13.4. The standard InChI is InChI=1S/C31H30N4O7S/c1-7-14-42-30(39)27-17(4)32-31(43-27)35-24(19-11-12-20(41-8-2)21(15-19)40-6)22(26(37)29(35)38)25(36)23-18(5)34-13-9-10-16(3)28(34)33-23/h7,9-13,15,24,36H,1,8,14H2,2-6H3. The van der Waals surface area contributed by atoms with Gasteiger partial charge in [0.05, 0.1) is 36.7 Å². The number of nitrogens with zero attached hydrogens (tertiary/aromatic N) is 4. The lowest BCUT2D eigenvalue weighted by molar-refractivity contribution is -0.132. The van der Waals surface area contributed by atoms with E-state index in [9.17, 15) is 19.5 Å². The summed E-state index contributed by atoms with van der Waals surface area (Å²) in [6.45, 7) is 11.0. The van der Waals surface area contributed by atoms with E-state index in [2.05, 4.69) is 16.5 Å². The second kappa shape index (κ2) is 11.7. The number of aromatic nitrogens is 3. The van der Waals surface area contributed by atoms with Crippen LogP contribution in [0, 0.1) is 20.8 Å². The third-order valence-corrected chi connectivity index (χ3v) is 8.20. The first-order chi connectivity index (χ1) is 20.6. The summed E-state index contributed by atoms with van der Waals surface area (Å²) in [5.41, 5.74) is 2.82. The van der Waals surface area contributed by atoms with Gasteiger partial charge in [0.25, 0.3) is 5.78 Å². The van der Waals surface area contributed by atoms with Gasteiger partial charge < -0.3 is 23.7 Å². The minimum absolute atomic E-state index is 0.000166. The van der Waals surface area contributed by atoms with Gasteiger partial charge in [0.2, 0.25) is 0 Å². The molecule has 3 aromatic heterocycles. The van der Waals surface area contributed by atoms with Gasteiger partial charge in [0, 0.05) is 6.20 Å². The molecule has 0 aliphatic carbocycles. The summed E-state index contributed by atoms with van der Waals surface area (Å²) in [6, 6.07) is 7.61. The predicted octanol–water partition coefficient (Wildman–Crippen LogP) is 5.09. The topological polar surface area (TPSA) is 133 Å². The number of fused-ring (bicyclic) bond motifs is 1. The predicted molar refractivity (Wildman–Crippen MR) is 161 cm³/mol. The van der Waals surface area contributed by atoms with Gasteiger partial charge in [-0.15, -0.1) is 0 Å². The molecule has 0 radical (unpaired) electrons. The van der Waals surface area contributed by atoms with E-state index in [0.717, 1.165) is 16.9 Å². The fourth-order valence-corrected chi connectivity index (χ4v) is 6.01. The number of ether oxygens (including phenoxy) is 3. The zero-order valence-electron chi connectivity index (χ0n) is 24.3.